The Bertz CT molecular complexity index is 1080. The molecular formula is C27H23NO. The summed E-state index contributed by atoms with van der Waals surface area (Å²) >= 11 is 0. The highest BCUT2D eigenvalue weighted by Gasteiger charge is 2.29. The standard InChI is InChI=1S/C27H23NO/c1-21-13-11-12-20-25(21)26(22-14-5-2-6-15-22)28(24-18-9-4-10-19-24)27(29)23-16-7-3-8-17-23/h2-20,26H,1H3. The van der Waals surface area contributed by atoms with Crippen molar-refractivity contribution in [3.8, 4) is 0 Å². The lowest BCUT2D eigenvalue weighted by atomic mass is 9.92. The Morgan fingerprint density at radius 2 is 1.17 bits per heavy atom. The summed E-state index contributed by atoms with van der Waals surface area (Å²) in [6.45, 7) is 2.10. The number of anilines is 1. The zero-order valence-corrected chi connectivity index (χ0v) is 16.4. The van der Waals surface area contributed by atoms with Crippen molar-refractivity contribution < 1.29 is 4.79 Å². The van der Waals surface area contributed by atoms with Crippen molar-refractivity contribution in [1.82, 2.24) is 0 Å². The molecular weight excluding hydrogens is 354 g/mol. The Labute approximate surface area is 172 Å². The Hall–Kier alpha value is -3.65. The average molecular weight is 377 g/mol. The van der Waals surface area contributed by atoms with Crippen LogP contribution in [0.4, 0.5) is 5.69 Å². The topological polar surface area (TPSA) is 20.3 Å². The second kappa shape index (κ2) is 8.57. The van der Waals surface area contributed by atoms with Gasteiger partial charge < -0.3 is 0 Å². The summed E-state index contributed by atoms with van der Waals surface area (Å²) in [6.07, 6.45) is 0. The van der Waals surface area contributed by atoms with Crippen molar-refractivity contribution in [1.29, 1.82) is 0 Å². The second-order valence-corrected chi connectivity index (χ2v) is 7.05. The first-order chi connectivity index (χ1) is 14.3. The van der Waals surface area contributed by atoms with Gasteiger partial charge >= 0.3 is 0 Å². The van der Waals surface area contributed by atoms with Gasteiger partial charge in [-0.1, -0.05) is 91.0 Å². The molecule has 0 aromatic heterocycles. The zero-order chi connectivity index (χ0) is 20.1. The Morgan fingerprint density at radius 3 is 1.79 bits per heavy atom. The SMILES string of the molecule is Cc1ccccc1C(c1ccccc1)N(C(=O)c1ccccc1)c1ccccc1. The molecule has 1 atom stereocenters. The third-order valence-electron chi connectivity index (χ3n) is 5.13. The summed E-state index contributed by atoms with van der Waals surface area (Å²) in [7, 11) is 0. The van der Waals surface area contributed by atoms with Crippen LogP contribution in [0.25, 0.3) is 0 Å². The number of hydrogen-bond acceptors (Lipinski definition) is 1. The van der Waals surface area contributed by atoms with Crippen LogP contribution in [0.2, 0.25) is 0 Å². The van der Waals surface area contributed by atoms with Crippen molar-refractivity contribution >= 4 is 11.6 Å². The van der Waals surface area contributed by atoms with Gasteiger partial charge in [0.1, 0.15) is 0 Å². The van der Waals surface area contributed by atoms with Crippen LogP contribution >= 0.6 is 0 Å². The molecule has 4 aromatic carbocycles. The van der Waals surface area contributed by atoms with Gasteiger partial charge in [0, 0.05) is 11.3 Å². The third-order valence-corrected chi connectivity index (χ3v) is 5.13. The molecule has 1 amide bonds. The van der Waals surface area contributed by atoms with E-state index in [4.69, 9.17) is 0 Å². The minimum absolute atomic E-state index is 0.0195. The van der Waals surface area contributed by atoms with Crippen LogP contribution in [0, 0.1) is 6.92 Å². The number of carbonyl (C=O) groups excluding carboxylic acids is 1. The molecule has 0 heterocycles. The summed E-state index contributed by atoms with van der Waals surface area (Å²) < 4.78 is 0. The molecule has 0 saturated carbocycles. The van der Waals surface area contributed by atoms with Crippen molar-refractivity contribution in [3.63, 3.8) is 0 Å². The first-order valence-electron chi connectivity index (χ1n) is 9.80. The van der Waals surface area contributed by atoms with Gasteiger partial charge in [-0.25, -0.2) is 0 Å². The number of amides is 1. The molecule has 142 valence electrons. The van der Waals surface area contributed by atoms with Crippen LogP contribution in [0.15, 0.2) is 115 Å². The van der Waals surface area contributed by atoms with Gasteiger partial charge in [0.15, 0.2) is 0 Å². The lowest BCUT2D eigenvalue weighted by molar-refractivity contribution is 0.0980. The minimum Gasteiger partial charge on any atom is -0.297 e. The summed E-state index contributed by atoms with van der Waals surface area (Å²) in [4.78, 5) is 15.7. The van der Waals surface area contributed by atoms with Crippen LogP contribution in [-0.4, -0.2) is 5.91 Å². The molecule has 0 saturated heterocycles. The molecule has 29 heavy (non-hydrogen) atoms. The fourth-order valence-electron chi connectivity index (χ4n) is 3.69. The van der Waals surface area contributed by atoms with E-state index in [1.807, 2.05) is 95.9 Å². The van der Waals surface area contributed by atoms with E-state index in [2.05, 4.69) is 31.2 Å². The highest BCUT2D eigenvalue weighted by Crippen LogP contribution is 2.35. The highest BCUT2D eigenvalue weighted by atomic mass is 16.2. The lowest BCUT2D eigenvalue weighted by Crippen LogP contribution is -2.36. The normalized spacial score (nSPS) is 11.6. The number of benzene rings is 4. The van der Waals surface area contributed by atoms with Gasteiger partial charge in [-0.3, -0.25) is 9.69 Å². The summed E-state index contributed by atoms with van der Waals surface area (Å²) in [5, 5.41) is 0. The number of aryl methyl sites for hydroxylation is 1. The highest BCUT2D eigenvalue weighted by molar-refractivity contribution is 6.07. The van der Waals surface area contributed by atoms with Crippen molar-refractivity contribution in [2.45, 2.75) is 13.0 Å². The Balaban J connectivity index is 1.94. The number of nitrogens with zero attached hydrogens (tertiary/aromatic N) is 1. The maximum absolute atomic E-state index is 13.8. The van der Waals surface area contributed by atoms with E-state index in [0.717, 1.165) is 22.4 Å². The number of hydrogen-bond donors (Lipinski definition) is 0. The van der Waals surface area contributed by atoms with E-state index in [1.165, 1.54) is 0 Å². The van der Waals surface area contributed by atoms with Crippen LogP contribution < -0.4 is 4.90 Å². The van der Waals surface area contributed by atoms with E-state index >= 15 is 0 Å². The molecule has 2 nitrogen and oxygen atoms in total. The molecule has 0 fully saturated rings. The van der Waals surface area contributed by atoms with Gasteiger partial charge in [0.2, 0.25) is 0 Å². The Kier molecular flexibility index (Phi) is 5.53. The predicted molar refractivity (Wildman–Crippen MR) is 119 cm³/mol. The first kappa shape index (κ1) is 18.7. The molecule has 2 heteroatoms. The number of rotatable bonds is 5. The summed E-state index contributed by atoms with van der Waals surface area (Å²) in [5.74, 6) is -0.0195. The fraction of sp³-hybridized carbons (Fsp3) is 0.0741. The average Bonchev–Trinajstić information content (AvgIpc) is 2.79. The van der Waals surface area contributed by atoms with Gasteiger partial charge in [-0.15, -0.1) is 0 Å². The molecule has 0 aliphatic carbocycles. The first-order valence-corrected chi connectivity index (χ1v) is 9.80. The van der Waals surface area contributed by atoms with Gasteiger partial charge in [-0.05, 0) is 47.9 Å². The molecule has 0 N–H and O–H groups in total. The van der Waals surface area contributed by atoms with Crippen molar-refractivity contribution in [3.05, 3.63) is 138 Å². The second-order valence-electron chi connectivity index (χ2n) is 7.05. The summed E-state index contributed by atoms with van der Waals surface area (Å²) in [6, 6.07) is 37.7. The van der Waals surface area contributed by atoms with Gasteiger partial charge in [-0.2, -0.15) is 0 Å². The molecule has 0 aliphatic rings. The number of para-hydroxylation sites is 1. The molecule has 4 aromatic rings. The van der Waals surface area contributed by atoms with E-state index in [1.54, 1.807) is 0 Å². The van der Waals surface area contributed by atoms with Gasteiger partial charge in [0.25, 0.3) is 5.91 Å². The zero-order valence-electron chi connectivity index (χ0n) is 16.4. The maximum Gasteiger partial charge on any atom is 0.259 e. The fourth-order valence-corrected chi connectivity index (χ4v) is 3.69. The van der Waals surface area contributed by atoms with Crippen LogP contribution in [0.5, 0.6) is 0 Å². The van der Waals surface area contributed by atoms with Crippen LogP contribution in [0.3, 0.4) is 0 Å². The lowest BCUT2D eigenvalue weighted by Gasteiger charge is -2.34. The molecule has 0 aliphatic heterocycles. The predicted octanol–water partition coefficient (Wildman–Crippen LogP) is 6.43. The third kappa shape index (κ3) is 3.97. The smallest absolute Gasteiger partial charge is 0.259 e. The van der Waals surface area contributed by atoms with Gasteiger partial charge in [0.05, 0.1) is 6.04 Å². The summed E-state index contributed by atoms with van der Waals surface area (Å²) in [5.41, 5.74) is 4.90. The van der Waals surface area contributed by atoms with Crippen molar-refractivity contribution in [2.24, 2.45) is 0 Å². The van der Waals surface area contributed by atoms with Crippen LogP contribution in [0.1, 0.15) is 33.1 Å². The Morgan fingerprint density at radius 1 is 0.655 bits per heavy atom. The molecule has 0 bridgehead atoms. The maximum atomic E-state index is 13.8. The van der Waals surface area contributed by atoms with E-state index in [-0.39, 0.29) is 11.9 Å². The number of carbonyl (C=O) groups is 1. The van der Waals surface area contributed by atoms with Crippen molar-refractivity contribution in [2.75, 3.05) is 4.90 Å². The monoisotopic (exact) mass is 377 g/mol. The largest absolute Gasteiger partial charge is 0.297 e. The quantitative estimate of drug-likeness (QED) is 0.392. The molecule has 1 unspecified atom stereocenters. The molecule has 0 radical (unpaired) electrons. The van der Waals surface area contributed by atoms with E-state index < -0.39 is 0 Å². The van der Waals surface area contributed by atoms with E-state index in [0.29, 0.717) is 5.56 Å². The molecule has 0 spiro atoms. The minimum atomic E-state index is -0.229. The van der Waals surface area contributed by atoms with Crippen LogP contribution in [-0.2, 0) is 0 Å². The molecule has 4 rings (SSSR count). The van der Waals surface area contributed by atoms with E-state index in [9.17, 15) is 4.79 Å².